The average Bonchev–Trinajstić information content (AvgIpc) is 3.07. The van der Waals surface area contributed by atoms with Crippen LogP contribution in [-0.2, 0) is 9.53 Å². The highest BCUT2D eigenvalue weighted by molar-refractivity contribution is 8.00. The predicted molar refractivity (Wildman–Crippen MR) is 93.7 cm³/mol. The molecule has 0 aliphatic carbocycles. The number of nitrogens with one attached hydrogen (secondary N) is 1. The summed E-state index contributed by atoms with van der Waals surface area (Å²) in [6.07, 6.45) is 8.24. The van der Waals surface area contributed by atoms with E-state index in [0.29, 0.717) is 23.8 Å². The molecule has 0 bridgehead atoms. The van der Waals surface area contributed by atoms with Crippen molar-refractivity contribution < 1.29 is 14.3 Å². The van der Waals surface area contributed by atoms with Gasteiger partial charge in [-0.05, 0) is 19.3 Å². The lowest BCUT2D eigenvalue weighted by atomic mass is 10.0. The molecule has 0 saturated carbocycles. The first-order valence-electron chi connectivity index (χ1n) is 8.93. The standard InChI is InChI=1S/C17H30N2O3S/c1-3-4-5-8-11-19-16-13(18-17(19)21)12-23-14(16)9-6-7-10-15(20)22-2/h13-14,16H,3-12H2,1-2H3,(H,18,21)/t13-,14-,16-/m0/s1. The fourth-order valence-corrected chi connectivity index (χ4v) is 5.14. The fourth-order valence-electron chi connectivity index (χ4n) is 3.54. The summed E-state index contributed by atoms with van der Waals surface area (Å²) < 4.78 is 4.68. The molecule has 0 unspecified atom stereocenters. The number of unbranched alkanes of at least 4 members (excludes halogenated alkanes) is 4. The number of carbonyl (C=O) groups excluding carboxylic acids is 2. The van der Waals surface area contributed by atoms with Gasteiger partial charge in [0, 0.05) is 24.0 Å². The average molecular weight is 343 g/mol. The fraction of sp³-hybridized carbons (Fsp3) is 0.882. The molecule has 2 aliphatic rings. The van der Waals surface area contributed by atoms with Crippen LogP contribution in [0.1, 0.15) is 58.3 Å². The smallest absolute Gasteiger partial charge is 0.318 e. The van der Waals surface area contributed by atoms with Crippen molar-refractivity contribution in [1.82, 2.24) is 10.2 Å². The number of methoxy groups -OCH3 is 1. The Morgan fingerprint density at radius 2 is 2.13 bits per heavy atom. The number of hydrogen-bond acceptors (Lipinski definition) is 4. The molecule has 0 spiro atoms. The molecule has 2 aliphatic heterocycles. The zero-order valence-corrected chi connectivity index (χ0v) is 15.2. The van der Waals surface area contributed by atoms with Crippen LogP contribution >= 0.6 is 11.8 Å². The van der Waals surface area contributed by atoms with Crippen LogP contribution in [-0.4, -0.2) is 53.6 Å². The van der Waals surface area contributed by atoms with Crippen LogP contribution in [0.25, 0.3) is 0 Å². The number of carbonyl (C=O) groups is 2. The molecule has 23 heavy (non-hydrogen) atoms. The minimum atomic E-state index is -0.128. The number of amides is 2. The van der Waals surface area contributed by atoms with E-state index >= 15 is 0 Å². The molecule has 0 aromatic rings. The van der Waals surface area contributed by atoms with E-state index in [1.807, 2.05) is 11.8 Å². The summed E-state index contributed by atoms with van der Waals surface area (Å²) in [4.78, 5) is 25.4. The first-order chi connectivity index (χ1) is 11.2. The summed E-state index contributed by atoms with van der Waals surface area (Å²) in [6, 6.07) is 0.771. The molecule has 0 radical (unpaired) electrons. The van der Waals surface area contributed by atoms with E-state index in [1.165, 1.54) is 26.4 Å². The number of fused-ring (bicyclic) bond motifs is 1. The van der Waals surface area contributed by atoms with Crippen molar-refractivity contribution in [2.24, 2.45) is 0 Å². The number of urea groups is 1. The van der Waals surface area contributed by atoms with Crippen molar-refractivity contribution in [3.8, 4) is 0 Å². The second kappa shape index (κ2) is 9.40. The van der Waals surface area contributed by atoms with Crippen molar-refractivity contribution in [2.45, 2.75) is 75.6 Å². The highest BCUT2D eigenvalue weighted by atomic mass is 32.2. The second-order valence-electron chi connectivity index (χ2n) is 6.49. The molecule has 2 saturated heterocycles. The highest BCUT2D eigenvalue weighted by Gasteiger charge is 2.47. The van der Waals surface area contributed by atoms with Gasteiger partial charge in [0.05, 0.1) is 19.2 Å². The molecule has 5 nitrogen and oxygen atoms in total. The second-order valence-corrected chi connectivity index (χ2v) is 7.77. The minimum absolute atomic E-state index is 0.122. The lowest BCUT2D eigenvalue weighted by Gasteiger charge is -2.27. The largest absolute Gasteiger partial charge is 0.469 e. The topological polar surface area (TPSA) is 58.6 Å². The number of esters is 1. The first kappa shape index (κ1) is 18.4. The van der Waals surface area contributed by atoms with E-state index in [-0.39, 0.29) is 12.0 Å². The third kappa shape index (κ3) is 5.03. The zero-order chi connectivity index (χ0) is 16.7. The zero-order valence-electron chi connectivity index (χ0n) is 14.4. The van der Waals surface area contributed by atoms with Gasteiger partial charge in [-0.2, -0.15) is 11.8 Å². The van der Waals surface area contributed by atoms with Crippen LogP contribution in [0.3, 0.4) is 0 Å². The van der Waals surface area contributed by atoms with E-state index in [4.69, 9.17) is 0 Å². The van der Waals surface area contributed by atoms with Gasteiger partial charge < -0.3 is 15.0 Å². The quantitative estimate of drug-likeness (QED) is 0.376. The van der Waals surface area contributed by atoms with Crippen LogP contribution in [0.2, 0.25) is 0 Å². The summed E-state index contributed by atoms with van der Waals surface area (Å²) in [5.41, 5.74) is 0. The Kier molecular flexibility index (Phi) is 7.53. The van der Waals surface area contributed by atoms with Crippen molar-refractivity contribution in [1.29, 1.82) is 0 Å². The Bertz CT molecular complexity index is 405. The summed E-state index contributed by atoms with van der Waals surface area (Å²) in [5.74, 6) is 0.890. The molecular weight excluding hydrogens is 312 g/mol. The maximum absolute atomic E-state index is 12.2. The van der Waals surface area contributed by atoms with Gasteiger partial charge in [0.2, 0.25) is 0 Å². The molecule has 2 heterocycles. The van der Waals surface area contributed by atoms with Crippen LogP contribution in [0.5, 0.6) is 0 Å². The molecule has 0 aromatic carbocycles. The predicted octanol–water partition coefficient (Wildman–Crippen LogP) is 3.18. The molecule has 1 N–H and O–H groups in total. The molecule has 2 rings (SSSR count). The SMILES string of the molecule is CCCCCCN1C(=O)N[C@H]2CS[C@@H](CCCCC(=O)OC)[C@H]21. The van der Waals surface area contributed by atoms with E-state index in [1.54, 1.807) is 0 Å². The van der Waals surface area contributed by atoms with Crippen molar-refractivity contribution in [2.75, 3.05) is 19.4 Å². The van der Waals surface area contributed by atoms with Gasteiger partial charge in [-0.15, -0.1) is 0 Å². The van der Waals surface area contributed by atoms with Crippen molar-refractivity contribution in [3.05, 3.63) is 0 Å². The van der Waals surface area contributed by atoms with Crippen molar-refractivity contribution in [3.63, 3.8) is 0 Å². The maximum Gasteiger partial charge on any atom is 0.318 e. The van der Waals surface area contributed by atoms with Gasteiger partial charge in [0.1, 0.15) is 0 Å². The number of thioether (sulfide) groups is 1. The molecule has 0 aromatic heterocycles. The third-order valence-corrected chi connectivity index (χ3v) is 6.31. The monoisotopic (exact) mass is 342 g/mol. The lowest BCUT2D eigenvalue weighted by molar-refractivity contribution is -0.140. The minimum Gasteiger partial charge on any atom is -0.469 e. The number of rotatable bonds is 10. The molecule has 2 amide bonds. The van der Waals surface area contributed by atoms with Gasteiger partial charge in [-0.25, -0.2) is 4.79 Å². The number of hydrogen-bond donors (Lipinski definition) is 1. The van der Waals surface area contributed by atoms with Crippen LogP contribution < -0.4 is 5.32 Å². The summed E-state index contributed by atoms with van der Waals surface area (Å²) in [7, 11) is 1.44. The Labute approximate surface area is 143 Å². The van der Waals surface area contributed by atoms with Crippen LogP contribution in [0, 0.1) is 0 Å². The Morgan fingerprint density at radius 3 is 2.87 bits per heavy atom. The van der Waals surface area contributed by atoms with E-state index in [2.05, 4.69) is 21.9 Å². The Balaban J connectivity index is 1.77. The van der Waals surface area contributed by atoms with Gasteiger partial charge in [0.25, 0.3) is 0 Å². The van der Waals surface area contributed by atoms with Crippen LogP contribution in [0.15, 0.2) is 0 Å². The van der Waals surface area contributed by atoms with Crippen molar-refractivity contribution >= 4 is 23.8 Å². The summed E-state index contributed by atoms with van der Waals surface area (Å²) >= 11 is 1.98. The molecule has 132 valence electrons. The number of nitrogens with zero attached hydrogens (tertiary/aromatic N) is 1. The maximum atomic E-state index is 12.2. The van der Waals surface area contributed by atoms with Gasteiger partial charge in [-0.3, -0.25) is 4.79 Å². The third-order valence-electron chi connectivity index (χ3n) is 4.81. The molecular formula is C17H30N2O3S. The highest BCUT2D eigenvalue weighted by Crippen LogP contribution is 2.37. The van der Waals surface area contributed by atoms with E-state index < -0.39 is 0 Å². The van der Waals surface area contributed by atoms with Crippen LogP contribution in [0.4, 0.5) is 4.79 Å². The molecule has 2 fully saturated rings. The van der Waals surface area contributed by atoms with Gasteiger partial charge in [-0.1, -0.05) is 32.6 Å². The van der Waals surface area contributed by atoms with E-state index in [0.717, 1.165) is 38.0 Å². The first-order valence-corrected chi connectivity index (χ1v) is 9.97. The Hall–Kier alpha value is -0.910. The summed E-state index contributed by atoms with van der Waals surface area (Å²) in [5, 5.41) is 3.65. The van der Waals surface area contributed by atoms with E-state index in [9.17, 15) is 9.59 Å². The molecule has 6 heteroatoms. The Morgan fingerprint density at radius 1 is 1.30 bits per heavy atom. The summed E-state index contributed by atoms with van der Waals surface area (Å²) in [6.45, 7) is 3.09. The molecule has 3 atom stereocenters. The lowest BCUT2D eigenvalue weighted by Crippen LogP contribution is -2.41. The van der Waals surface area contributed by atoms with Gasteiger partial charge in [0.15, 0.2) is 0 Å². The normalized spacial score (nSPS) is 26.3. The number of ether oxygens (including phenoxy) is 1. The van der Waals surface area contributed by atoms with Gasteiger partial charge >= 0.3 is 12.0 Å².